The second kappa shape index (κ2) is 10.1. The van der Waals surface area contributed by atoms with Crippen molar-refractivity contribution in [3.05, 3.63) is 69.7 Å². The van der Waals surface area contributed by atoms with Gasteiger partial charge in [-0.05, 0) is 60.9 Å². The molecule has 168 valence electrons. The van der Waals surface area contributed by atoms with E-state index < -0.39 is 17.8 Å². The van der Waals surface area contributed by atoms with E-state index >= 15 is 0 Å². The molecule has 1 aliphatic heterocycles. The molecule has 1 fully saturated rings. The fourth-order valence-electron chi connectivity index (χ4n) is 3.32. The highest BCUT2D eigenvalue weighted by molar-refractivity contribution is 9.10. The first-order valence-electron chi connectivity index (χ1n) is 9.79. The number of nitrogens with zero attached hydrogens (tertiary/aromatic N) is 2. The van der Waals surface area contributed by atoms with E-state index in [9.17, 15) is 14.4 Å². The molecule has 9 heteroatoms. The highest BCUT2D eigenvalue weighted by atomic mass is 79.9. The Hall–Kier alpha value is -3.90. The molecule has 0 unspecified atom stereocenters. The van der Waals surface area contributed by atoms with Gasteiger partial charge < -0.3 is 9.47 Å². The van der Waals surface area contributed by atoms with E-state index in [-0.39, 0.29) is 12.2 Å². The van der Waals surface area contributed by atoms with E-state index in [1.165, 1.54) is 13.2 Å². The third-order valence-corrected chi connectivity index (χ3v) is 5.72. The van der Waals surface area contributed by atoms with Crippen LogP contribution in [0.3, 0.4) is 0 Å². The van der Waals surface area contributed by atoms with E-state index in [0.29, 0.717) is 34.7 Å². The summed E-state index contributed by atoms with van der Waals surface area (Å²) in [5.41, 5.74) is 2.08. The predicted molar refractivity (Wildman–Crippen MR) is 126 cm³/mol. The summed E-state index contributed by atoms with van der Waals surface area (Å²) in [6.07, 6.45) is 3.43. The summed E-state index contributed by atoms with van der Waals surface area (Å²) in [5.74, 6) is -0.845. The molecule has 2 aromatic rings. The Bertz CT molecular complexity index is 1230. The number of hydrogen-bond donors (Lipinski definition) is 1. The number of amides is 4. The Morgan fingerprint density at radius 3 is 2.64 bits per heavy atom. The van der Waals surface area contributed by atoms with Crippen molar-refractivity contribution in [2.45, 2.75) is 13.3 Å². The average Bonchev–Trinajstić information content (AvgIpc) is 2.78. The average molecular weight is 510 g/mol. The molecule has 0 atom stereocenters. The van der Waals surface area contributed by atoms with Crippen LogP contribution in [-0.4, -0.2) is 31.6 Å². The lowest BCUT2D eigenvalue weighted by Gasteiger charge is -2.26. The number of rotatable bonds is 7. The van der Waals surface area contributed by atoms with E-state index in [2.05, 4.69) is 27.8 Å². The summed E-state index contributed by atoms with van der Waals surface area (Å²) < 4.78 is 11.7. The van der Waals surface area contributed by atoms with Crippen molar-refractivity contribution >= 4 is 45.5 Å². The number of carbonyl (C=O) groups is 3. The standard InChI is InChI=1S/C24H20BrN3O5/c1-4-5-16-11-15(13-20(32-3)21(16)33-9-8-26)12-18-22(29)27-24(31)28(23(18)30)17-6-7-19(25)14(2)10-17/h4,6-7,10-13H,1,5,9H2,2-3H3,(H,27,29,31)/b18-12+. The number of benzene rings is 2. The van der Waals surface area contributed by atoms with Gasteiger partial charge in [0.1, 0.15) is 11.6 Å². The largest absolute Gasteiger partial charge is 0.493 e. The highest BCUT2D eigenvalue weighted by Crippen LogP contribution is 2.35. The molecule has 3 rings (SSSR count). The molecule has 1 aliphatic rings. The van der Waals surface area contributed by atoms with E-state index in [1.54, 1.807) is 36.4 Å². The lowest BCUT2D eigenvalue weighted by atomic mass is 10.0. The summed E-state index contributed by atoms with van der Waals surface area (Å²) in [6, 6.07) is 9.36. The molecule has 4 amide bonds. The van der Waals surface area contributed by atoms with E-state index in [0.717, 1.165) is 14.9 Å². The van der Waals surface area contributed by atoms with Gasteiger partial charge in [0.25, 0.3) is 11.8 Å². The summed E-state index contributed by atoms with van der Waals surface area (Å²) in [5, 5.41) is 11.1. The number of hydrogen-bond acceptors (Lipinski definition) is 6. The number of nitrogens with one attached hydrogen (secondary N) is 1. The lowest BCUT2D eigenvalue weighted by molar-refractivity contribution is -0.122. The maximum absolute atomic E-state index is 13.2. The normalized spacial score (nSPS) is 14.7. The van der Waals surface area contributed by atoms with Gasteiger partial charge in [-0.1, -0.05) is 22.0 Å². The second-order valence-electron chi connectivity index (χ2n) is 7.04. The fourth-order valence-corrected chi connectivity index (χ4v) is 3.57. The predicted octanol–water partition coefficient (Wildman–Crippen LogP) is 4.06. The van der Waals surface area contributed by atoms with Crippen molar-refractivity contribution in [2.24, 2.45) is 0 Å². The zero-order valence-corrected chi connectivity index (χ0v) is 19.6. The van der Waals surface area contributed by atoms with Gasteiger partial charge in [0.15, 0.2) is 18.1 Å². The van der Waals surface area contributed by atoms with Crippen LogP contribution in [-0.2, 0) is 16.0 Å². The maximum atomic E-state index is 13.2. The SMILES string of the molecule is C=CCc1cc(/C=C2\C(=O)NC(=O)N(c3ccc(Br)c(C)c3)C2=O)cc(OC)c1OCC#N. The Morgan fingerprint density at radius 2 is 2.00 bits per heavy atom. The van der Waals surface area contributed by atoms with Gasteiger partial charge in [-0.3, -0.25) is 14.9 Å². The summed E-state index contributed by atoms with van der Waals surface area (Å²) in [4.78, 5) is 39.1. The number of urea groups is 1. The summed E-state index contributed by atoms with van der Waals surface area (Å²) >= 11 is 3.39. The third-order valence-electron chi connectivity index (χ3n) is 4.83. The van der Waals surface area contributed by atoms with Crippen LogP contribution < -0.4 is 19.7 Å². The van der Waals surface area contributed by atoms with Crippen LogP contribution in [0.25, 0.3) is 6.08 Å². The third kappa shape index (κ3) is 4.96. The molecular formula is C24H20BrN3O5. The lowest BCUT2D eigenvalue weighted by Crippen LogP contribution is -2.54. The number of imide groups is 2. The van der Waals surface area contributed by atoms with Gasteiger partial charge >= 0.3 is 6.03 Å². The molecule has 0 aliphatic carbocycles. The molecule has 33 heavy (non-hydrogen) atoms. The number of barbiturate groups is 1. The number of methoxy groups -OCH3 is 1. The number of nitriles is 1. The molecule has 0 spiro atoms. The number of carbonyl (C=O) groups excluding carboxylic acids is 3. The maximum Gasteiger partial charge on any atom is 0.335 e. The van der Waals surface area contributed by atoms with Crippen LogP contribution in [0, 0.1) is 18.3 Å². The first-order valence-corrected chi connectivity index (χ1v) is 10.6. The number of halogens is 1. The summed E-state index contributed by atoms with van der Waals surface area (Å²) in [7, 11) is 1.44. The Kier molecular flexibility index (Phi) is 7.30. The molecule has 0 aromatic heterocycles. The van der Waals surface area contributed by atoms with Crippen LogP contribution in [0.2, 0.25) is 0 Å². The van der Waals surface area contributed by atoms with Gasteiger partial charge in [0.2, 0.25) is 0 Å². The van der Waals surface area contributed by atoms with Crippen molar-refractivity contribution in [2.75, 3.05) is 18.6 Å². The topological polar surface area (TPSA) is 109 Å². The van der Waals surface area contributed by atoms with E-state index in [4.69, 9.17) is 14.7 Å². The molecule has 1 heterocycles. The van der Waals surface area contributed by atoms with Crippen LogP contribution in [0.4, 0.5) is 10.5 Å². The number of allylic oxidation sites excluding steroid dienone is 1. The minimum Gasteiger partial charge on any atom is -0.493 e. The Balaban J connectivity index is 2.07. The van der Waals surface area contributed by atoms with Crippen LogP contribution >= 0.6 is 15.9 Å². The number of anilines is 1. The van der Waals surface area contributed by atoms with Crippen LogP contribution in [0.1, 0.15) is 16.7 Å². The summed E-state index contributed by atoms with van der Waals surface area (Å²) in [6.45, 7) is 5.37. The van der Waals surface area contributed by atoms with Crippen LogP contribution in [0.5, 0.6) is 11.5 Å². The minimum atomic E-state index is -0.825. The number of ether oxygens (including phenoxy) is 2. The van der Waals surface area contributed by atoms with Gasteiger partial charge in [0.05, 0.1) is 12.8 Å². The zero-order valence-electron chi connectivity index (χ0n) is 18.0. The van der Waals surface area contributed by atoms with Crippen molar-refractivity contribution < 1.29 is 23.9 Å². The monoisotopic (exact) mass is 509 g/mol. The van der Waals surface area contributed by atoms with Gasteiger partial charge in [0, 0.05) is 10.0 Å². The molecule has 2 aromatic carbocycles. The molecular weight excluding hydrogens is 490 g/mol. The Morgan fingerprint density at radius 1 is 1.24 bits per heavy atom. The minimum absolute atomic E-state index is 0.175. The van der Waals surface area contributed by atoms with Gasteiger partial charge in [-0.2, -0.15) is 5.26 Å². The van der Waals surface area contributed by atoms with Crippen molar-refractivity contribution in [3.8, 4) is 17.6 Å². The fraction of sp³-hybridized carbons (Fsp3) is 0.167. The highest BCUT2D eigenvalue weighted by Gasteiger charge is 2.37. The molecule has 0 saturated carbocycles. The molecule has 8 nitrogen and oxygen atoms in total. The smallest absolute Gasteiger partial charge is 0.335 e. The zero-order chi connectivity index (χ0) is 24.1. The molecule has 0 radical (unpaired) electrons. The Labute approximate surface area is 199 Å². The van der Waals surface area contributed by atoms with Gasteiger partial charge in [-0.25, -0.2) is 9.69 Å². The second-order valence-corrected chi connectivity index (χ2v) is 7.90. The van der Waals surface area contributed by atoms with E-state index in [1.807, 2.05) is 13.0 Å². The van der Waals surface area contributed by atoms with Gasteiger partial charge in [-0.15, -0.1) is 6.58 Å². The molecule has 0 bridgehead atoms. The molecule has 1 saturated heterocycles. The van der Waals surface area contributed by atoms with Crippen molar-refractivity contribution in [1.29, 1.82) is 5.26 Å². The van der Waals surface area contributed by atoms with Crippen LogP contribution in [0.15, 0.2) is 53.0 Å². The first kappa shape index (κ1) is 23.8. The van der Waals surface area contributed by atoms with Crippen molar-refractivity contribution in [1.82, 2.24) is 5.32 Å². The quantitative estimate of drug-likeness (QED) is 0.342. The first-order chi connectivity index (χ1) is 15.8. The number of aryl methyl sites for hydroxylation is 1. The molecule has 1 N–H and O–H groups in total. The van der Waals surface area contributed by atoms with Crippen molar-refractivity contribution in [3.63, 3.8) is 0 Å².